The Morgan fingerprint density at radius 1 is 0.806 bits per heavy atom. The van der Waals surface area contributed by atoms with Crippen LogP contribution in [-0.2, 0) is 0 Å². The van der Waals surface area contributed by atoms with Crippen molar-refractivity contribution in [1.29, 1.82) is 0 Å². The highest BCUT2D eigenvalue weighted by molar-refractivity contribution is 8.16. The van der Waals surface area contributed by atoms with Gasteiger partial charge in [0.2, 0.25) is 0 Å². The van der Waals surface area contributed by atoms with Crippen LogP contribution in [0.2, 0.25) is 0 Å². The SMILES string of the molecule is CCCCCCCCCCCCOc1ccc(-c2ncc(C3SCCCS3)cn2)cc1. The lowest BCUT2D eigenvalue weighted by Gasteiger charge is -2.20. The Kier molecular flexibility index (Phi) is 11.7. The zero-order valence-electron chi connectivity index (χ0n) is 19.1. The molecule has 0 unspecified atom stereocenters. The highest BCUT2D eigenvalue weighted by Crippen LogP contribution is 2.43. The van der Waals surface area contributed by atoms with Crippen LogP contribution in [0.5, 0.6) is 5.75 Å². The molecule has 1 saturated heterocycles. The second-order valence-corrected chi connectivity index (χ2v) is 11.0. The van der Waals surface area contributed by atoms with E-state index in [9.17, 15) is 0 Å². The predicted molar refractivity (Wildman–Crippen MR) is 137 cm³/mol. The standard InChI is InChI=1S/C26H38N2OS2/c1-2-3-4-5-6-7-8-9-10-11-17-29-24-15-13-22(14-16-24)25-27-20-23(21-28-25)26-30-18-12-19-31-26/h13-16,20-21,26H,2-12,17-19H2,1H3. The van der Waals surface area contributed by atoms with Crippen molar-refractivity contribution in [2.45, 2.75) is 82.1 Å². The Morgan fingerprint density at radius 3 is 2.00 bits per heavy atom. The Bertz CT molecular complexity index is 715. The molecule has 0 amide bonds. The molecule has 0 bridgehead atoms. The molecule has 170 valence electrons. The average Bonchev–Trinajstić information content (AvgIpc) is 2.84. The van der Waals surface area contributed by atoms with Crippen molar-refractivity contribution >= 4 is 23.5 Å². The van der Waals surface area contributed by atoms with Gasteiger partial charge in [0.25, 0.3) is 0 Å². The van der Waals surface area contributed by atoms with Gasteiger partial charge in [-0.05, 0) is 48.6 Å². The van der Waals surface area contributed by atoms with E-state index in [1.807, 2.05) is 48.1 Å². The molecule has 0 atom stereocenters. The normalized spacial score (nSPS) is 14.6. The van der Waals surface area contributed by atoms with E-state index < -0.39 is 0 Å². The van der Waals surface area contributed by atoms with Crippen molar-refractivity contribution in [2.24, 2.45) is 0 Å². The lowest BCUT2D eigenvalue weighted by Crippen LogP contribution is -2.02. The van der Waals surface area contributed by atoms with E-state index in [-0.39, 0.29) is 0 Å². The van der Waals surface area contributed by atoms with Crippen LogP contribution in [0, 0.1) is 0 Å². The van der Waals surface area contributed by atoms with E-state index in [1.165, 1.54) is 81.3 Å². The van der Waals surface area contributed by atoms with Crippen LogP contribution in [0.25, 0.3) is 11.4 Å². The van der Waals surface area contributed by atoms with Gasteiger partial charge in [0.15, 0.2) is 5.82 Å². The van der Waals surface area contributed by atoms with Gasteiger partial charge in [-0.2, -0.15) is 0 Å². The zero-order valence-corrected chi connectivity index (χ0v) is 20.7. The van der Waals surface area contributed by atoms with Gasteiger partial charge in [0.1, 0.15) is 5.75 Å². The Hall–Kier alpha value is -1.20. The molecule has 1 fully saturated rings. The molecule has 3 rings (SSSR count). The molecule has 1 aliphatic rings. The number of unbranched alkanes of at least 4 members (excludes halogenated alkanes) is 9. The molecule has 0 N–H and O–H groups in total. The van der Waals surface area contributed by atoms with Gasteiger partial charge in [-0.25, -0.2) is 9.97 Å². The summed E-state index contributed by atoms with van der Waals surface area (Å²) in [6, 6.07) is 8.20. The minimum Gasteiger partial charge on any atom is -0.494 e. The topological polar surface area (TPSA) is 35.0 Å². The van der Waals surface area contributed by atoms with Gasteiger partial charge in [-0.1, -0.05) is 64.7 Å². The fraction of sp³-hybridized carbons (Fsp3) is 0.615. The molecule has 2 heterocycles. The number of hydrogen-bond acceptors (Lipinski definition) is 5. The molecule has 2 aromatic rings. The van der Waals surface area contributed by atoms with Gasteiger partial charge >= 0.3 is 0 Å². The van der Waals surface area contributed by atoms with Crippen LogP contribution in [0.4, 0.5) is 0 Å². The predicted octanol–water partition coefficient (Wildman–Crippen LogP) is 8.31. The van der Waals surface area contributed by atoms with Crippen LogP contribution in [0.15, 0.2) is 36.7 Å². The number of aromatic nitrogens is 2. The van der Waals surface area contributed by atoms with Crippen LogP contribution in [0.3, 0.4) is 0 Å². The van der Waals surface area contributed by atoms with Crippen LogP contribution in [0.1, 0.15) is 87.7 Å². The van der Waals surface area contributed by atoms with Crippen molar-refractivity contribution in [3.05, 3.63) is 42.2 Å². The van der Waals surface area contributed by atoms with Gasteiger partial charge in [-0.15, -0.1) is 23.5 Å². The summed E-state index contributed by atoms with van der Waals surface area (Å²) >= 11 is 4.01. The smallest absolute Gasteiger partial charge is 0.159 e. The van der Waals surface area contributed by atoms with E-state index in [1.54, 1.807) is 0 Å². The lowest BCUT2D eigenvalue weighted by molar-refractivity contribution is 0.304. The molecule has 31 heavy (non-hydrogen) atoms. The molecule has 0 saturated carbocycles. The number of rotatable bonds is 14. The molecule has 1 aliphatic heterocycles. The maximum atomic E-state index is 5.92. The van der Waals surface area contributed by atoms with Crippen molar-refractivity contribution in [1.82, 2.24) is 9.97 Å². The molecule has 0 spiro atoms. The minimum absolute atomic E-state index is 0.490. The second kappa shape index (κ2) is 14.8. The largest absolute Gasteiger partial charge is 0.494 e. The second-order valence-electron chi connectivity index (χ2n) is 8.32. The van der Waals surface area contributed by atoms with E-state index in [0.717, 1.165) is 30.2 Å². The van der Waals surface area contributed by atoms with E-state index in [4.69, 9.17) is 4.74 Å². The van der Waals surface area contributed by atoms with E-state index >= 15 is 0 Å². The van der Waals surface area contributed by atoms with E-state index in [0.29, 0.717) is 4.58 Å². The van der Waals surface area contributed by atoms with Gasteiger partial charge in [-0.3, -0.25) is 0 Å². The first-order chi connectivity index (χ1) is 15.4. The fourth-order valence-corrected chi connectivity index (χ4v) is 6.59. The molecule has 1 aromatic heterocycles. The third-order valence-electron chi connectivity index (χ3n) is 5.65. The summed E-state index contributed by atoms with van der Waals surface area (Å²) in [6.07, 6.45) is 18.8. The van der Waals surface area contributed by atoms with Crippen LogP contribution in [-0.4, -0.2) is 28.1 Å². The number of benzene rings is 1. The van der Waals surface area contributed by atoms with Crippen LogP contribution < -0.4 is 4.74 Å². The lowest BCUT2D eigenvalue weighted by atomic mass is 10.1. The molecule has 1 aromatic carbocycles. The summed E-state index contributed by atoms with van der Waals surface area (Å²) in [5.74, 6) is 4.20. The Labute approximate surface area is 197 Å². The number of thioether (sulfide) groups is 2. The summed E-state index contributed by atoms with van der Waals surface area (Å²) in [7, 11) is 0. The number of ether oxygens (including phenoxy) is 1. The van der Waals surface area contributed by atoms with Crippen molar-refractivity contribution in [2.75, 3.05) is 18.1 Å². The zero-order chi connectivity index (χ0) is 21.6. The molecular formula is C26H38N2OS2. The number of hydrogen-bond donors (Lipinski definition) is 0. The molecule has 0 aliphatic carbocycles. The molecule has 3 nitrogen and oxygen atoms in total. The van der Waals surface area contributed by atoms with Crippen molar-refractivity contribution in [3.63, 3.8) is 0 Å². The van der Waals surface area contributed by atoms with Gasteiger partial charge < -0.3 is 4.74 Å². The minimum atomic E-state index is 0.490. The summed E-state index contributed by atoms with van der Waals surface area (Å²) in [5.41, 5.74) is 2.27. The third-order valence-corrected chi connectivity index (χ3v) is 8.67. The monoisotopic (exact) mass is 458 g/mol. The maximum absolute atomic E-state index is 5.92. The first kappa shape index (κ1) is 24.4. The average molecular weight is 459 g/mol. The van der Waals surface area contributed by atoms with Gasteiger partial charge in [0, 0.05) is 23.5 Å². The van der Waals surface area contributed by atoms with Crippen LogP contribution >= 0.6 is 23.5 Å². The van der Waals surface area contributed by atoms with Crippen molar-refractivity contribution in [3.8, 4) is 17.1 Å². The fourth-order valence-electron chi connectivity index (χ4n) is 3.77. The first-order valence-electron chi connectivity index (χ1n) is 12.1. The summed E-state index contributed by atoms with van der Waals surface area (Å²) in [5, 5.41) is 0. The Balaban J connectivity index is 1.30. The maximum Gasteiger partial charge on any atom is 0.159 e. The van der Waals surface area contributed by atoms with Gasteiger partial charge in [0.05, 0.1) is 11.2 Å². The summed E-state index contributed by atoms with van der Waals surface area (Å²) in [6.45, 7) is 3.08. The third kappa shape index (κ3) is 9.05. The molecule has 5 heteroatoms. The highest BCUT2D eigenvalue weighted by Gasteiger charge is 2.17. The molecule has 0 radical (unpaired) electrons. The summed E-state index contributed by atoms with van der Waals surface area (Å²) in [4.78, 5) is 9.21. The first-order valence-corrected chi connectivity index (χ1v) is 14.2. The van der Waals surface area contributed by atoms with Crippen molar-refractivity contribution < 1.29 is 4.74 Å². The summed E-state index contributed by atoms with van der Waals surface area (Å²) < 4.78 is 6.41. The Morgan fingerprint density at radius 2 is 1.39 bits per heavy atom. The van der Waals surface area contributed by atoms with E-state index in [2.05, 4.69) is 29.0 Å². The quantitative estimate of drug-likeness (QED) is 0.266. The number of nitrogens with zero attached hydrogens (tertiary/aromatic N) is 2. The molecular weight excluding hydrogens is 420 g/mol. The highest BCUT2D eigenvalue weighted by atomic mass is 32.2.